The van der Waals surface area contributed by atoms with Crippen LogP contribution >= 0.6 is 0 Å². The number of ketones is 1. The normalized spacial score (nSPS) is 17.6. The van der Waals surface area contributed by atoms with Crippen molar-refractivity contribution >= 4 is 11.8 Å². The summed E-state index contributed by atoms with van der Waals surface area (Å²) < 4.78 is 140. The number of ether oxygens (including phenoxy) is 3. The van der Waals surface area contributed by atoms with Crippen LogP contribution in [0.25, 0.3) is 0 Å². The van der Waals surface area contributed by atoms with Gasteiger partial charge in [0, 0.05) is 20.0 Å². The van der Waals surface area contributed by atoms with Crippen LogP contribution in [0.5, 0.6) is 0 Å². The van der Waals surface area contributed by atoms with E-state index in [1.165, 1.54) is 6.92 Å². The molecule has 0 aromatic carbocycles. The molecule has 0 amide bonds. The minimum absolute atomic E-state index is 0.161. The Bertz CT molecular complexity index is 561. The first-order valence-corrected chi connectivity index (χ1v) is 7.23. The molecule has 0 aliphatic rings. The fourth-order valence-electron chi connectivity index (χ4n) is 1.60. The standard InChI is InChI=1S/C13H14F10O5/c1-3-8(25)27-6-4-5-7(24)9(14,11(16,17)18)28-13(22,23)10(15,26-2)12(19,20)21/h3-6H2,1-2H3. The lowest BCUT2D eigenvalue weighted by Crippen LogP contribution is -2.64. The lowest BCUT2D eigenvalue weighted by molar-refractivity contribution is -0.492. The van der Waals surface area contributed by atoms with Crippen LogP contribution < -0.4 is 0 Å². The Morgan fingerprint density at radius 3 is 1.71 bits per heavy atom. The van der Waals surface area contributed by atoms with E-state index in [9.17, 15) is 53.5 Å². The van der Waals surface area contributed by atoms with Crippen LogP contribution in [0.3, 0.4) is 0 Å². The lowest BCUT2D eigenvalue weighted by Gasteiger charge is -2.37. The third-order valence-electron chi connectivity index (χ3n) is 3.11. The molecule has 0 heterocycles. The number of methoxy groups -OCH3 is 1. The molecule has 0 aliphatic heterocycles. The van der Waals surface area contributed by atoms with E-state index in [0.717, 1.165) is 0 Å². The second-order valence-electron chi connectivity index (χ2n) is 5.11. The summed E-state index contributed by atoms with van der Waals surface area (Å²) in [5.41, 5.74) is 0. The van der Waals surface area contributed by atoms with E-state index in [-0.39, 0.29) is 13.5 Å². The van der Waals surface area contributed by atoms with Crippen molar-refractivity contribution < 1.29 is 67.7 Å². The van der Waals surface area contributed by atoms with Crippen LogP contribution in [0, 0.1) is 0 Å². The highest BCUT2D eigenvalue weighted by Crippen LogP contribution is 2.50. The van der Waals surface area contributed by atoms with Crippen LogP contribution in [0.4, 0.5) is 43.9 Å². The maximum absolute atomic E-state index is 14.0. The highest BCUT2D eigenvalue weighted by Gasteiger charge is 2.79. The van der Waals surface area contributed by atoms with E-state index in [2.05, 4.69) is 14.2 Å². The van der Waals surface area contributed by atoms with Gasteiger partial charge in [0.25, 0.3) is 0 Å². The number of alkyl halides is 10. The Morgan fingerprint density at radius 1 is 0.857 bits per heavy atom. The molecule has 2 atom stereocenters. The van der Waals surface area contributed by atoms with Crippen LogP contribution in [0.1, 0.15) is 26.2 Å². The summed E-state index contributed by atoms with van der Waals surface area (Å²) in [7, 11) is -0.290. The Kier molecular flexibility index (Phi) is 8.28. The zero-order chi connectivity index (χ0) is 22.6. The highest BCUT2D eigenvalue weighted by atomic mass is 19.4. The summed E-state index contributed by atoms with van der Waals surface area (Å²) in [6.45, 7) is 0.607. The van der Waals surface area contributed by atoms with Crippen LogP contribution in [-0.4, -0.2) is 55.6 Å². The molecule has 166 valence electrons. The summed E-state index contributed by atoms with van der Waals surface area (Å²) in [4.78, 5) is 22.2. The predicted octanol–water partition coefficient (Wildman–Crippen LogP) is 4.00. The minimum Gasteiger partial charge on any atom is -0.466 e. The number of rotatable bonds is 10. The monoisotopic (exact) mass is 440 g/mol. The van der Waals surface area contributed by atoms with Gasteiger partial charge in [0.15, 0.2) is 0 Å². The smallest absolute Gasteiger partial charge is 0.457 e. The SMILES string of the molecule is CCC(=O)OCCCC(=O)C(F)(OC(F)(F)C(F)(OC)C(F)(F)F)C(F)(F)F. The maximum Gasteiger partial charge on any atom is 0.457 e. The molecular weight excluding hydrogens is 426 g/mol. The molecule has 5 nitrogen and oxygen atoms in total. The van der Waals surface area contributed by atoms with Gasteiger partial charge in [-0.05, 0) is 6.42 Å². The summed E-state index contributed by atoms with van der Waals surface area (Å²) in [6.07, 6.45) is -22.4. The van der Waals surface area contributed by atoms with Gasteiger partial charge in [-0.1, -0.05) is 6.92 Å². The van der Waals surface area contributed by atoms with Crippen molar-refractivity contribution in [3.63, 3.8) is 0 Å². The van der Waals surface area contributed by atoms with Crippen molar-refractivity contribution in [2.24, 2.45) is 0 Å². The molecule has 0 fully saturated rings. The topological polar surface area (TPSA) is 61.8 Å². The average molecular weight is 440 g/mol. The number of hydrogen-bond acceptors (Lipinski definition) is 5. The van der Waals surface area contributed by atoms with Gasteiger partial charge in [0.05, 0.1) is 6.61 Å². The zero-order valence-corrected chi connectivity index (χ0v) is 14.1. The summed E-state index contributed by atoms with van der Waals surface area (Å²) >= 11 is 0. The molecular formula is C13H14F10O5. The zero-order valence-electron chi connectivity index (χ0n) is 14.1. The van der Waals surface area contributed by atoms with Gasteiger partial charge in [-0.15, -0.1) is 0 Å². The first kappa shape index (κ1) is 26.4. The predicted molar refractivity (Wildman–Crippen MR) is 68.3 cm³/mol. The Labute approximate surface area is 150 Å². The number of Topliss-reactive ketones (excluding diaryl/α,β-unsaturated/α-hetero) is 1. The second kappa shape index (κ2) is 8.80. The van der Waals surface area contributed by atoms with Gasteiger partial charge < -0.3 is 9.47 Å². The van der Waals surface area contributed by atoms with Gasteiger partial charge >= 0.3 is 36.1 Å². The lowest BCUT2D eigenvalue weighted by atomic mass is 10.1. The van der Waals surface area contributed by atoms with Crippen molar-refractivity contribution in [1.29, 1.82) is 0 Å². The van der Waals surface area contributed by atoms with Crippen molar-refractivity contribution in [3.8, 4) is 0 Å². The van der Waals surface area contributed by atoms with E-state index in [4.69, 9.17) is 0 Å². The molecule has 0 aromatic rings. The van der Waals surface area contributed by atoms with E-state index < -0.39 is 61.4 Å². The Balaban J connectivity index is 5.62. The fraction of sp³-hybridized carbons (Fsp3) is 0.846. The maximum atomic E-state index is 14.0. The number of halogens is 10. The van der Waals surface area contributed by atoms with E-state index in [0.29, 0.717) is 0 Å². The molecule has 0 radical (unpaired) electrons. The van der Waals surface area contributed by atoms with Crippen LogP contribution in [-0.2, 0) is 23.8 Å². The quantitative estimate of drug-likeness (QED) is 0.292. The van der Waals surface area contributed by atoms with Crippen LogP contribution in [0.2, 0.25) is 0 Å². The second-order valence-corrected chi connectivity index (χ2v) is 5.11. The fourth-order valence-corrected chi connectivity index (χ4v) is 1.60. The molecule has 0 saturated carbocycles. The van der Waals surface area contributed by atoms with E-state index >= 15 is 0 Å². The van der Waals surface area contributed by atoms with Gasteiger partial charge in [-0.25, -0.2) is 0 Å². The molecule has 0 aliphatic carbocycles. The van der Waals surface area contributed by atoms with Gasteiger partial charge in [-0.2, -0.15) is 43.9 Å². The van der Waals surface area contributed by atoms with E-state index in [1.54, 1.807) is 0 Å². The van der Waals surface area contributed by atoms with Gasteiger partial charge in [-0.3, -0.25) is 14.3 Å². The van der Waals surface area contributed by atoms with Gasteiger partial charge in [0.1, 0.15) is 0 Å². The summed E-state index contributed by atoms with van der Waals surface area (Å²) in [5.74, 6) is -15.9. The molecule has 0 spiro atoms. The minimum atomic E-state index is -6.66. The first-order valence-electron chi connectivity index (χ1n) is 7.23. The van der Waals surface area contributed by atoms with Crippen LogP contribution in [0.15, 0.2) is 0 Å². The van der Waals surface area contributed by atoms with Gasteiger partial charge in [0.2, 0.25) is 5.78 Å². The molecule has 15 heteroatoms. The summed E-state index contributed by atoms with van der Waals surface area (Å²) in [6, 6.07) is 0. The van der Waals surface area contributed by atoms with Crippen molar-refractivity contribution in [2.75, 3.05) is 13.7 Å². The van der Waals surface area contributed by atoms with Crippen molar-refractivity contribution in [2.45, 2.75) is 56.4 Å². The highest BCUT2D eigenvalue weighted by molar-refractivity contribution is 5.86. The van der Waals surface area contributed by atoms with Crippen molar-refractivity contribution in [3.05, 3.63) is 0 Å². The molecule has 2 unspecified atom stereocenters. The summed E-state index contributed by atoms with van der Waals surface area (Å²) in [5, 5.41) is 0. The number of carbonyl (C=O) groups is 2. The molecule has 0 N–H and O–H groups in total. The molecule has 0 rings (SSSR count). The largest absolute Gasteiger partial charge is 0.466 e. The number of esters is 1. The third kappa shape index (κ3) is 5.46. The molecule has 0 aromatic heterocycles. The molecule has 0 bridgehead atoms. The number of carbonyl (C=O) groups excluding carboxylic acids is 2. The first-order chi connectivity index (χ1) is 12.4. The Morgan fingerprint density at radius 2 is 1.36 bits per heavy atom. The number of hydrogen-bond donors (Lipinski definition) is 0. The average Bonchev–Trinajstić information content (AvgIpc) is 2.54. The van der Waals surface area contributed by atoms with E-state index in [1.807, 2.05) is 0 Å². The third-order valence-corrected chi connectivity index (χ3v) is 3.11. The van der Waals surface area contributed by atoms with Crippen molar-refractivity contribution in [1.82, 2.24) is 0 Å². The molecule has 0 saturated heterocycles. The Hall–Kier alpha value is -1.64. The molecule has 28 heavy (non-hydrogen) atoms.